The predicted octanol–water partition coefficient (Wildman–Crippen LogP) is 5.28. The molecular weight excluding hydrogens is 428 g/mol. The van der Waals surface area contributed by atoms with Gasteiger partial charge in [-0.15, -0.1) is 10.2 Å². The van der Waals surface area contributed by atoms with E-state index >= 15 is 0 Å². The largest absolute Gasteiger partial charge is 0.340 e. The summed E-state index contributed by atoms with van der Waals surface area (Å²) in [6.45, 7) is 10.3. The van der Waals surface area contributed by atoms with Gasteiger partial charge in [0.15, 0.2) is 5.01 Å². The number of benzene rings is 1. The monoisotopic (exact) mass is 462 g/mol. The molecule has 33 heavy (non-hydrogen) atoms. The molecule has 3 N–H and O–H groups in total. The lowest BCUT2D eigenvalue weighted by molar-refractivity contribution is 0.396. The number of nitrogens with zero attached hydrogens (tertiary/aromatic N) is 4. The number of hydrogen-bond donors (Lipinski definition) is 2. The zero-order chi connectivity index (χ0) is 23.8. The average Bonchev–Trinajstić information content (AvgIpc) is 3.25. The summed E-state index contributed by atoms with van der Waals surface area (Å²) >= 11 is 1.57. The molecule has 1 heterocycles. The molecule has 0 radical (unpaired) electrons. The van der Waals surface area contributed by atoms with Gasteiger partial charge in [0.1, 0.15) is 10.8 Å². The minimum Gasteiger partial charge on any atom is -0.340 e. The highest BCUT2D eigenvalue weighted by Crippen LogP contribution is 2.26. The predicted molar refractivity (Wildman–Crippen MR) is 143 cm³/mol. The van der Waals surface area contributed by atoms with Gasteiger partial charge in [0.25, 0.3) is 0 Å². The molecule has 3 rings (SSSR count). The molecule has 0 atom stereocenters. The maximum Gasteiger partial charge on any atom is 0.151 e. The van der Waals surface area contributed by atoms with E-state index < -0.39 is 0 Å². The first-order valence-electron chi connectivity index (χ1n) is 11.4. The van der Waals surface area contributed by atoms with Gasteiger partial charge in [-0.2, -0.15) is 0 Å². The van der Waals surface area contributed by atoms with Gasteiger partial charge in [-0.1, -0.05) is 48.3 Å². The van der Waals surface area contributed by atoms with Crippen molar-refractivity contribution in [1.29, 1.82) is 0 Å². The molecular formula is C26H34N6S. The molecule has 0 bridgehead atoms. The fraction of sp³-hybridized carbons (Fsp3) is 0.385. The van der Waals surface area contributed by atoms with E-state index in [0.717, 1.165) is 69.5 Å². The van der Waals surface area contributed by atoms with E-state index in [1.807, 2.05) is 39.1 Å². The third-order valence-corrected chi connectivity index (χ3v) is 6.62. The van der Waals surface area contributed by atoms with Gasteiger partial charge in [0.05, 0.1) is 11.6 Å². The SMILES string of the molecule is C=C(NC(=NC1CCC(N)CC1)/C(=C\C)c1nnc(C)s1)c1cccc(/C(C=NC)=C/C)c1. The third kappa shape index (κ3) is 6.55. The van der Waals surface area contributed by atoms with Gasteiger partial charge >= 0.3 is 0 Å². The molecule has 1 fully saturated rings. The van der Waals surface area contributed by atoms with Gasteiger partial charge in [-0.25, -0.2) is 0 Å². The topological polar surface area (TPSA) is 88.5 Å². The Kier molecular flexibility index (Phi) is 8.86. The fourth-order valence-electron chi connectivity index (χ4n) is 3.91. The lowest BCUT2D eigenvalue weighted by Gasteiger charge is -2.25. The van der Waals surface area contributed by atoms with Crippen molar-refractivity contribution in [3.63, 3.8) is 0 Å². The number of nitrogens with two attached hydrogens (primary N) is 1. The molecule has 0 spiro atoms. The molecule has 7 heteroatoms. The van der Waals surface area contributed by atoms with Crippen LogP contribution in [0.3, 0.4) is 0 Å². The molecule has 174 valence electrons. The lowest BCUT2D eigenvalue weighted by Crippen LogP contribution is -2.31. The zero-order valence-electron chi connectivity index (χ0n) is 20.0. The van der Waals surface area contributed by atoms with Crippen LogP contribution < -0.4 is 11.1 Å². The zero-order valence-corrected chi connectivity index (χ0v) is 20.8. The molecule has 0 saturated heterocycles. The van der Waals surface area contributed by atoms with Crippen LogP contribution in [0.2, 0.25) is 0 Å². The average molecular weight is 463 g/mol. The normalized spacial score (nSPS) is 20.3. The number of aliphatic imine (C=N–C) groups is 2. The van der Waals surface area contributed by atoms with Crippen LogP contribution in [0.5, 0.6) is 0 Å². The second-order valence-electron chi connectivity index (χ2n) is 8.19. The summed E-state index contributed by atoms with van der Waals surface area (Å²) in [4.78, 5) is 9.29. The minimum absolute atomic E-state index is 0.228. The van der Waals surface area contributed by atoms with Crippen molar-refractivity contribution in [2.24, 2.45) is 15.7 Å². The van der Waals surface area contributed by atoms with Crippen LogP contribution in [0.25, 0.3) is 16.8 Å². The number of rotatable bonds is 7. The van der Waals surface area contributed by atoms with E-state index in [-0.39, 0.29) is 12.1 Å². The number of nitrogens with one attached hydrogen (secondary N) is 1. The highest BCUT2D eigenvalue weighted by Gasteiger charge is 2.21. The van der Waals surface area contributed by atoms with Crippen molar-refractivity contribution in [2.75, 3.05) is 7.05 Å². The van der Waals surface area contributed by atoms with Crippen molar-refractivity contribution in [3.05, 3.63) is 64.1 Å². The first kappa shape index (κ1) is 24.7. The van der Waals surface area contributed by atoms with Gasteiger partial charge in [-0.05, 0) is 69.2 Å². The maximum atomic E-state index is 6.12. The van der Waals surface area contributed by atoms with E-state index in [2.05, 4.69) is 51.4 Å². The Morgan fingerprint density at radius 3 is 2.48 bits per heavy atom. The summed E-state index contributed by atoms with van der Waals surface area (Å²) in [5, 5.41) is 13.9. The van der Waals surface area contributed by atoms with Gasteiger partial charge < -0.3 is 11.1 Å². The summed E-state index contributed by atoms with van der Waals surface area (Å²) in [6, 6.07) is 8.80. The van der Waals surface area contributed by atoms with Crippen molar-refractivity contribution >= 4 is 40.2 Å². The maximum absolute atomic E-state index is 6.12. The number of aromatic nitrogens is 2. The summed E-state index contributed by atoms with van der Waals surface area (Å²) in [5.74, 6) is 0.783. The molecule has 2 aromatic rings. The number of amidine groups is 1. The summed E-state index contributed by atoms with van der Waals surface area (Å²) in [7, 11) is 1.78. The standard InChI is InChI=1S/C26H34N6S/c1-6-19(16-28-5)21-10-8-9-20(15-21)17(3)29-25(30-23-13-11-22(27)12-14-23)24(7-2)26-32-31-18(4)33-26/h6-10,15-16,22-23H,3,11-14,27H2,1-2,4-5H3,(H,29,30)/b19-6+,24-7+,28-16?. The molecule has 6 nitrogen and oxygen atoms in total. The molecule has 0 unspecified atom stereocenters. The first-order chi connectivity index (χ1) is 15.9. The van der Waals surface area contributed by atoms with Crippen LogP contribution in [0.1, 0.15) is 60.7 Å². The summed E-state index contributed by atoms with van der Waals surface area (Å²) < 4.78 is 0. The van der Waals surface area contributed by atoms with E-state index in [1.165, 1.54) is 0 Å². The lowest BCUT2D eigenvalue weighted by atomic mass is 9.92. The Bertz CT molecular complexity index is 1080. The second-order valence-corrected chi connectivity index (χ2v) is 9.37. The van der Waals surface area contributed by atoms with Crippen molar-refractivity contribution in [3.8, 4) is 0 Å². The Balaban J connectivity index is 1.92. The highest BCUT2D eigenvalue weighted by molar-refractivity contribution is 7.12. The van der Waals surface area contributed by atoms with Gasteiger partial charge in [0, 0.05) is 25.0 Å². The van der Waals surface area contributed by atoms with Gasteiger partial charge in [-0.3, -0.25) is 9.98 Å². The molecule has 1 aliphatic rings. The summed E-state index contributed by atoms with van der Waals surface area (Å²) in [5.41, 5.74) is 11.0. The Morgan fingerprint density at radius 2 is 1.88 bits per heavy atom. The highest BCUT2D eigenvalue weighted by atomic mass is 32.1. The van der Waals surface area contributed by atoms with E-state index in [4.69, 9.17) is 10.7 Å². The number of allylic oxidation sites excluding steroid dienone is 3. The molecule has 1 aromatic carbocycles. The molecule has 1 aromatic heterocycles. The van der Waals surface area contributed by atoms with Crippen LogP contribution in [0.4, 0.5) is 0 Å². The molecule has 1 saturated carbocycles. The molecule has 0 aliphatic heterocycles. The number of aryl methyl sites for hydroxylation is 1. The van der Waals surface area contributed by atoms with Crippen LogP contribution in [0.15, 0.2) is 53.0 Å². The van der Waals surface area contributed by atoms with Crippen LogP contribution in [-0.4, -0.2) is 41.4 Å². The van der Waals surface area contributed by atoms with Crippen molar-refractivity contribution in [2.45, 2.75) is 58.5 Å². The quantitative estimate of drug-likeness (QED) is 0.433. The third-order valence-electron chi connectivity index (χ3n) is 5.75. The van der Waals surface area contributed by atoms with E-state index in [9.17, 15) is 0 Å². The van der Waals surface area contributed by atoms with E-state index in [0.29, 0.717) is 0 Å². The summed E-state index contributed by atoms with van der Waals surface area (Å²) in [6.07, 6.45) is 9.93. The Labute approximate surface area is 201 Å². The van der Waals surface area contributed by atoms with Crippen LogP contribution in [0, 0.1) is 6.92 Å². The fourth-order valence-corrected chi connectivity index (χ4v) is 4.67. The van der Waals surface area contributed by atoms with Crippen LogP contribution >= 0.6 is 11.3 Å². The Morgan fingerprint density at radius 1 is 1.15 bits per heavy atom. The molecule has 1 aliphatic carbocycles. The number of hydrogen-bond acceptors (Lipinski definition) is 6. The second kappa shape index (κ2) is 11.8. The van der Waals surface area contributed by atoms with E-state index in [1.54, 1.807) is 18.4 Å². The smallest absolute Gasteiger partial charge is 0.151 e. The van der Waals surface area contributed by atoms with Gasteiger partial charge in [0.2, 0.25) is 0 Å². The molecule has 0 amide bonds. The van der Waals surface area contributed by atoms with Crippen LogP contribution in [-0.2, 0) is 0 Å². The first-order valence-corrected chi connectivity index (χ1v) is 12.2. The van der Waals surface area contributed by atoms with Crippen molar-refractivity contribution < 1.29 is 0 Å². The van der Waals surface area contributed by atoms with Crippen molar-refractivity contribution in [1.82, 2.24) is 15.5 Å². The Hall–Kier alpha value is -2.90. The minimum atomic E-state index is 0.228.